The molecule has 0 aliphatic heterocycles. The standard InChI is InChI=1S/C10H11NO5/c1-6-3-4-8(11(14)15)7(5-6)9(12)10(13)16-2/h3-5,9,12H,1-2H3. The molecule has 1 N–H and O–H groups in total. The van der Waals surface area contributed by atoms with Crippen LogP contribution in [0.15, 0.2) is 18.2 Å². The molecular formula is C10H11NO5. The van der Waals surface area contributed by atoms with Crippen LogP contribution in [0.4, 0.5) is 5.69 Å². The number of methoxy groups -OCH3 is 1. The Bertz CT molecular complexity index is 429. The summed E-state index contributed by atoms with van der Waals surface area (Å²) in [7, 11) is 1.10. The maximum Gasteiger partial charge on any atom is 0.339 e. The summed E-state index contributed by atoms with van der Waals surface area (Å²) in [6.07, 6.45) is -1.63. The van der Waals surface area contributed by atoms with Crippen molar-refractivity contribution in [3.05, 3.63) is 39.4 Å². The van der Waals surface area contributed by atoms with Gasteiger partial charge in [-0.15, -0.1) is 0 Å². The van der Waals surface area contributed by atoms with E-state index in [0.717, 1.165) is 7.11 Å². The first-order chi connectivity index (χ1) is 7.47. The highest BCUT2D eigenvalue weighted by Gasteiger charge is 2.26. The number of benzene rings is 1. The number of carbonyl (C=O) groups excluding carboxylic acids is 1. The number of hydrogen-bond donors (Lipinski definition) is 1. The average molecular weight is 225 g/mol. The number of nitro benzene ring substituents is 1. The highest BCUT2D eigenvalue weighted by atomic mass is 16.6. The zero-order valence-electron chi connectivity index (χ0n) is 8.84. The van der Waals surface area contributed by atoms with Crippen LogP contribution in [-0.4, -0.2) is 23.1 Å². The van der Waals surface area contributed by atoms with Crippen LogP contribution in [0.1, 0.15) is 17.2 Å². The van der Waals surface area contributed by atoms with Crippen molar-refractivity contribution in [2.75, 3.05) is 7.11 Å². The lowest BCUT2D eigenvalue weighted by molar-refractivity contribution is -0.386. The van der Waals surface area contributed by atoms with Crippen LogP contribution in [0.3, 0.4) is 0 Å². The maximum atomic E-state index is 11.1. The zero-order valence-corrected chi connectivity index (χ0v) is 8.84. The normalized spacial score (nSPS) is 11.9. The van der Waals surface area contributed by atoms with E-state index in [1.807, 2.05) is 0 Å². The Balaban J connectivity index is 3.24. The number of aliphatic hydroxyl groups is 1. The van der Waals surface area contributed by atoms with Crippen LogP contribution < -0.4 is 0 Å². The van der Waals surface area contributed by atoms with E-state index in [1.54, 1.807) is 6.92 Å². The van der Waals surface area contributed by atoms with E-state index in [2.05, 4.69) is 4.74 Å². The molecule has 0 heterocycles. The number of nitro groups is 1. The lowest BCUT2D eigenvalue weighted by atomic mass is 10.0. The van der Waals surface area contributed by atoms with Gasteiger partial charge in [0.05, 0.1) is 17.6 Å². The number of aryl methyl sites for hydroxylation is 1. The van der Waals surface area contributed by atoms with Crippen molar-refractivity contribution in [1.82, 2.24) is 0 Å². The Labute approximate surface area is 91.6 Å². The van der Waals surface area contributed by atoms with Crippen LogP contribution in [0, 0.1) is 17.0 Å². The summed E-state index contributed by atoms with van der Waals surface area (Å²) in [5, 5.41) is 20.3. The van der Waals surface area contributed by atoms with Crippen molar-refractivity contribution in [1.29, 1.82) is 0 Å². The molecule has 0 aliphatic rings. The van der Waals surface area contributed by atoms with Crippen molar-refractivity contribution >= 4 is 11.7 Å². The molecule has 0 spiro atoms. The summed E-state index contributed by atoms with van der Waals surface area (Å²) in [4.78, 5) is 21.1. The van der Waals surface area contributed by atoms with Gasteiger partial charge in [-0.1, -0.05) is 11.6 Å². The van der Waals surface area contributed by atoms with Gasteiger partial charge < -0.3 is 9.84 Å². The Hall–Kier alpha value is -1.95. The Morgan fingerprint density at radius 3 is 2.69 bits per heavy atom. The summed E-state index contributed by atoms with van der Waals surface area (Å²) >= 11 is 0. The minimum atomic E-state index is -1.63. The first-order valence-electron chi connectivity index (χ1n) is 4.48. The lowest BCUT2D eigenvalue weighted by Gasteiger charge is -2.09. The number of ether oxygens (including phenoxy) is 1. The molecule has 1 atom stereocenters. The second kappa shape index (κ2) is 4.71. The van der Waals surface area contributed by atoms with Gasteiger partial charge >= 0.3 is 5.97 Å². The van der Waals surface area contributed by atoms with Crippen LogP contribution >= 0.6 is 0 Å². The van der Waals surface area contributed by atoms with Gasteiger partial charge in [0.2, 0.25) is 0 Å². The van der Waals surface area contributed by atoms with Crippen molar-refractivity contribution < 1.29 is 19.6 Å². The molecule has 86 valence electrons. The molecule has 6 heteroatoms. The summed E-state index contributed by atoms with van der Waals surface area (Å²) in [6.45, 7) is 1.71. The smallest absolute Gasteiger partial charge is 0.339 e. The number of carbonyl (C=O) groups is 1. The van der Waals surface area contributed by atoms with E-state index in [-0.39, 0.29) is 11.3 Å². The van der Waals surface area contributed by atoms with Gasteiger partial charge in [-0.25, -0.2) is 4.79 Å². The van der Waals surface area contributed by atoms with Crippen molar-refractivity contribution in [3.63, 3.8) is 0 Å². The molecule has 0 radical (unpaired) electrons. The molecule has 1 rings (SSSR count). The first kappa shape index (κ1) is 12.1. The summed E-state index contributed by atoms with van der Waals surface area (Å²) in [5.41, 5.74) is 0.351. The van der Waals surface area contributed by atoms with Crippen LogP contribution in [-0.2, 0) is 9.53 Å². The largest absolute Gasteiger partial charge is 0.467 e. The maximum absolute atomic E-state index is 11.1. The van der Waals surface area contributed by atoms with Crippen LogP contribution in [0.2, 0.25) is 0 Å². The molecule has 0 aromatic heterocycles. The van der Waals surface area contributed by atoms with Crippen molar-refractivity contribution in [2.45, 2.75) is 13.0 Å². The minimum absolute atomic E-state index is 0.0585. The van der Waals surface area contributed by atoms with Gasteiger partial charge in [0, 0.05) is 6.07 Å². The monoisotopic (exact) mass is 225 g/mol. The molecule has 0 fully saturated rings. The Kier molecular flexibility index (Phi) is 3.57. The second-order valence-corrected chi connectivity index (χ2v) is 3.25. The van der Waals surface area contributed by atoms with E-state index in [1.165, 1.54) is 18.2 Å². The van der Waals surface area contributed by atoms with Crippen LogP contribution in [0.5, 0.6) is 0 Å². The summed E-state index contributed by atoms with van der Waals surface area (Å²) in [5.74, 6) is -0.922. The van der Waals surface area contributed by atoms with Gasteiger partial charge in [0.25, 0.3) is 5.69 Å². The summed E-state index contributed by atoms with van der Waals surface area (Å²) in [6, 6.07) is 4.17. The number of esters is 1. The van der Waals surface area contributed by atoms with Gasteiger partial charge in [-0.2, -0.15) is 0 Å². The quantitative estimate of drug-likeness (QED) is 0.472. The fourth-order valence-electron chi connectivity index (χ4n) is 1.30. The molecule has 0 bridgehead atoms. The summed E-state index contributed by atoms with van der Waals surface area (Å²) < 4.78 is 4.33. The van der Waals surface area contributed by atoms with E-state index >= 15 is 0 Å². The number of nitrogens with zero attached hydrogens (tertiary/aromatic N) is 1. The van der Waals surface area contributed by atoms with E-state index in [4.69, 9.17) is 0 Å². The van der Waals surface area contributed by atoms with Crippen molar-refractivity contribution in [3.8, 4) is 0 Å². The van der Waals surface area contributed by atoms with E-state index < -0.39 is 17.0 Å². The molecule has 1 aromatic carbocycles. The molecule has 1 aromatic rings. The zero-order chi connectivity index (χ0) is 12.3. The molecule has 0 saturated carbocycles. The molecule has 0 amide bonds. The van der Waals surface area contributed by atoms with Gasteiger partial charge in [-0.05, 0) is 13.0 Å². The van der Waals surface area contributed by atoms with E-state index in [0.29, 0.717) is 5.56 Å². The first-order valence-corrected chi connectivity index (χ1v) is 4.48. The highest BCUT2D eigenvalue weighted by Crippen LogP contribution is 2.26. The fourth-order valence-corrected chi connectivity index (χ4v) is 1.30. The van der Waals surface area contributed by atoms with Crippen LogP contribution in [0.25, 0.3) is 0 Å². The third-order valence-corrected chi connectivity index (χ3v) is 2.10. The molecule has 16 heavy (non-hydrogen) atoms. The highest BCUT2D eigenvalue weighted by molar-refractivity contribution is 5.77. The number of hydrogen-bond acceptors (Lipinski definition) is 5. The topological polar surface area (TPSA) is 89.7 Å². The number of rotatable bonds is 3. The van der Waals surface area contributed by atoms with Crippen molar-refractivity contribution in [2.24, 2.45) is 0 Å². The predicted molar refractivity (Wildman–Crippen MR) is 54.8 cm³/mol. The van der Waals surface area contributed by atoms with Gasteiger partial charge in [0.1, 0.15) is 0 Å². The lowest BCUT2D eigenvalue weighted by Crippen LogP contribution is -2.15. The number of aliphatic hydroxyl groups excluding tert-OH is 1. The van der Waals surface area contributed by atoms with Gasteiger partial charge in [0.15, 0.2) is 6.10 Å². The molecule has 6 nitrogen and oxygen atoms in total. The molecule has 0 saturated heterocycles. The second-order valence-electron chi connectivity index (χ2n) is 3.25. The minimum Gasteiger partial charge on any atom is -0.467 e. The fraction of sp³-hybridized carbons (Fsp3) is 0.300. The third kappa shape index (κ3) is 2.34. The SMILES string of the molecule is COC(=O)C(O)c1cc(C)ccc1[N+](=O)[O-]. The third-order valence-electron chi connectivity index (χ3n) is 2.10. The average Bonchev–Trinajstić information content (AvgIpc) is 2.26. The molecule has 1 unspecified atom stereocenters. The van der Waals surface area contributed by atoms with Gasteiger partial charge in [-0.3, -0.25) is 10.1 Å². The molecular weight excluding hydrogens is 214 g/mol. The molecule has 0 aliphatic carbocycles. The Morgan fingerprint density at radius 1 is 1.56 bits per heavy atom. The Morgan fingerprint density at radius 2 is 2.19 bits per heavy atom. The predicted octanol–water partition coefficient (Wildman–Crippen LogP) is 1.11. The van der Waals surface area contributed by atoms with E-state index in [9.17, 15) is 20.0 Å².